The predicted molar refractivity (Wildman–Crippen MR) is 104 cm³/mol. The molecule has 0 atom stereocenters. The number of aromatic amines is 1. The zero-order valence-corrected chi connectivity index (χ0v) is 15.1. The Hall–Kier alpha value is -3.74. The van der Waals surface area contributed by atoms with Crippen molar-refractivity contribution in [2.75, 3.05) is 11.9 Å². The molecule has 2 N–H and O–H groups in total. The molecule has 1 aliphatic carbocycles. The SMILES string of the molecule is CC(=O)c1cnc(=O)[nH]c1NC(=O)OCC1c2ccccc2-c2ccccc21. The maximum absolute atomic E-state index is 12.3. The van der Waals surface area contributed by atoms with E-state index in [1.807, 2.05) is 36.4 Å². The third-order valence-corrected chi connectivity index (χ3v) is 4.76. The molecule has 1 aromatic heterocycles. The molecule has 0 unspecified atom stereocenters. The number of nitrogens with zero attached hydrogens (tertiary/aromatic N) is 1. The Labute approximate surface area is 160 Å². The van der Waals surface area contributed by atoms with Crippen LogP contribution in [-0.4, -0.2) is 28.5 Å². The number of carbonyl (C=O) groups is 2. The number of anilines is 1. The third kappa shape index (κ3) is 3.18. The molecule has 140 valence electrons. The van der Waals surface area contributed by atoms with Gasteiger partial charge in [0.15, 0.2) is 5.78 Å². The van der Waals surface area contributed by atoms with Crippen LogP contribution in [0.5, 0.6) is 0 Å². The zero-order chi connectivity index (χ0) is 19.7. The van der Waals surface area contributed by atoms with E-state index in [1.54, 1.807) is 0 Å². The maximum Gasteiger partial charge on any atom is 0.412 e. The summed E-state index contributed by atoms with van der Waals surface area (Å²) in [4.78, 5) is 41.2. The van der Waals surface area contributed by atoms with Crippen LogP contribution in [0.1, 0.15) is 34.3 Å². The van der Waals surface area contributed by atoms with Gasteiger partial charge >= 0.3 is 11.8 Å². The fourth-order valence-electron chi connectivity index (χ4n) is 3.50. The molecule has 7 nitrogen and oxygen atoms in total. The Morgan fingerprint density at radius 2 is 1.68 bits per heavy atom. The van der Waals surface area contributed by atoms with E-state index in [9.17, 15) is 14.4 Å². The van der Waals surface area contributed by atoms with Crippen LogP contribution in [0.4, 0.5) is 10.6 Å². The van der Waals surface area contributed by atoms with Crippen LogP contribution in [0, 0.1) is 0 Å². The lowest BCUT2D eigenvalue weighted by Gasteiger charge is -2.15. The minimum absolute atomic E-state index is 0.0234. The highest BCUT2D eigenvalue weighted by molar-refractivity contribution is 6.01. The summed E-state index contributed by atoms with van der Waals surface area (Å²) in [6.07, 6.45) is 0.367. The normalized spacial score (nSPS) is 12.2. The monoisotopic (exact) mass is 375 g/mol. The van der Waals surface area contributed by atoms with E-state index in [0.717, 1.165) is 28.5 Å². The van der Waals surface area contributed by atoms with Crippen molar-refractivity contribution in [2.24, 2.45) is 0 Å². The Bertz CT molecular complexity index is 1090. The lowest BCUT2D eigenvalue weighted by molar-refractivity contribution is 0.101. The van der Waals surface area contributed by atoms with E-state index in [0.29, 0.717) is 0 Å². The number of hydrogen-bond donors (Lipinski definition) is 2. The van der Waals surface area contributed by atoms with Gasteiger partial charge < -0.3 is 4.74 Å². The molecule has 0 spiro atoms. The van der Waals surface area contributed by atoms with Gasteiger partial charge in [-0.3, -0.25) is 15.1 Å². The Morgan fingerprint density at radius 3 is 2.29 bits per heavy atom. The molecule has 0 aliphatic heterocycles. The van der Waals surface area contributed by atoms with Crippen LogP contribution in [0.2, 0.25) is 0 Å². The van der Waals surface area contributed by atoms with Crippen LogP contribution >= 0.6 is 0 Å². The first-order valence-electron chi connectivity index (χ1n) is 8.77. The molecule has 7 heteroatoms. The van der Waals surface area contributed by atoms with Gasteiger partial charge in [0.2, 0.25) is 0 Å². The number of carbonyl (C=O) groups excluding carboxylic acids is 2. The summed E-state index contributed by atoms with van der Waals surface area (Å²) in [5, 5.41) is 2.43. The lowest BCUT2D eigenvalue weighted by Crippen LogP contribution is -2.23. The molecule has 1 aliphatic rings. The fourth-order valence-corrected chi connectivity index (χ4v) is 3.50. The quantitative estimate of drug-likeness (QED) is 0.681. The van der Waals surface area contributed by atoms with Crippen LogP contribution in [-0.2, 0) is 4.74 Å². The first-order valence-corrected chi connectivity index (χ1v) is 8.77. The predicted octanol–water partition coefficient (Wildman–Crippen LogP) is 3.33. The second-order valence-corrected chi connectivity index (χ2v) is 6.48. The van der Waals surface area contributed by atoms with Gasteiger partial charge in [-0.15, -0.1) is 0 Å². The molecule has 4 rings (SSSR count). The van der Waals surface area contributed by atoms with Crippen molar-refractivity contribution < 1.29 is 14.3 Å². The van der Waals surface area contributed by atoms with Crippen LogP contribution in [0.15, 0.2) is 59.5 Å². The summed E-state index contributed by atoms with van der Waals surface area (Å²) in [6, 6.07) is 16.0. The number of rotatable bonds is 4. The third-order valence-electron chi connectivity index (χ3n) is 4.76. The van der Waals surface area contributed by atoms with Crippen molar-refractivity contribution in [3.05, 3.63) is 81.9 Å². The average molecular weight is 375 g/mol. The second kappa shape index (κ2) is 7.11. The summed E-state index contributed by atoms with van der Waals surface area (Å²) in [6.45, 7) is 1.45. The molecule has 0 radical (unpaired) electrons. The molecular formula is C21H17N3O4. The molecule has 2 aromatic carbocycles. The number of benzene rings is 2. The largest absolute Gasteiger partial charge is 0.448 e. The summed E-state index contributed by atoms with van der Waals surface area (Å²) in [5.41, 5.74) is 3.89. The van der Waals surface area contributed by atoms with Gasteiger partial charge in [-0.1, -0.05) is 48.5 Å². The summed E-state index contributed by atoms with van der Waals surface area (Å²) in [7, 11) is 0. The molecule has 0 saturated heterocycles. The molecule has 0 fully saturated rings. The minimum atomic E-state index is -0.758. The van der Waals surface area contributed by atoms with Gasteiger partial charge in [0, 0.05) is 12.1 Å². The molecule has 0 bridgehead atoms. The number of H-pyrrole nitrogens is 1. The lowest BCUT2D eigenvalue weighted by atomic mass is 9.98. The molecule has 1 heterocycles. The highest BCUT2D eigenvalue weighted by Gasteiger charge is 2.29. The molecule has 3 aromatic rings. The number of amides is 1. The van der Waals surface area contributed by atoms with Gasteiger partial charge in [0.1, 0.15) is 12.4 Å². The van der Waals surface area contributed by atoms with E-state index in [2.05, 4.69) is 27.4 Å². The zero-order valence-electron chi connectivity index (χ0n) is 15.1. The van der Waals surface area contributed by atoms with E-state index < -0.39 is 11.8 Å². The van der Waals surface area contributed by atoms with E-state index in [4.69, 9.17) is 4.74 Å². The number of Topliss-reactive ketones (excluding diaryl/α,β-unsaturated/α-hetero) is 1. The topological polar surface area (TPSA) is 101 Å². The van der Waals surface area contributed by atoms with Crippen molar-refractivity contribution in [1.29, 1.82) is 0 Å². The van der Waals surface area contributed by atoms with E-state index in [-0.39, 0.29) is 29.7 Å². The number of ketones is 1. The Morgan fingerprint density at radius 1 is 1.07 bits per heavy atom. The molecule has 0 saturated carbocycles. The minimum Gasteiger partial charge on any atom is -0.448 e. The summed E-state index contributed by atoms with van der Waals surface area (Å²) in [5.74, 6) is -0.440. The van der Waals surface area contributed by atoms with Gasteiger partial charge in [0.25, 0.3) is 0 Å². The van der Waals surface area contributed by atoms with E-state index in [1.165, 1.54) is 6.92 Å². The van der Waals surface area contributed by atoms with Gasteiger partial charge in [-0.25, -0.2) is 14.6 Å². The van der Waals surface area contributed by atoms with Gasteiger partial charge in [-0.2, -0.15) is 0 Å². The number of ether oxygens (including phenoxy) is 1. The standard InChI is InChI=1S/C21H17N3O4/c1-12(25)17-10-22-20(26)23-19(17)24-21(27)28-11-18-15-8-4-2-6-13(15)14-7-3-5-9-16(14)18/h2-10,18H,11H2,1H3,(H2,22,23,24,26,27). The first kappa shape index (κ1) is 17.7. The van der Waals surface area contributed by atoms with Gasteiger partial charge in [0.05, 0.1) is 5.56 Å². The van der Waals surface area contributed by atoms with Crippen molar-refractivity contribution >= 4 is 17.7 Å². The Balaban J connectivity index is 1.53. The summed E-state index contributed by atoms with van der Waals surface area (Å²) >= 11 is 0. The smallest absolute Gasteiger partial charge is 0.412 e. The van der Waals surface area contributed by atoms with E-state index >= 15 is 0 Å². The summed E-state index contributed by atoms with van der Waals surface area (Å²) < 4.78 is 5.41. The van der Waals surface area contributed by atoms with Crippen molar-refractivity contribution in [3.8, 4) is 11.1 Å². The van der Waals surface area contributed by atoms with Crippen LogP contribution < -0.4 is 11.0 Å². The Kier molecular flexibility index (Phi) is 4.49. The van der Waals surface area contributed by atoms with Crippen molar-refractivity contribution in [1.82, 2.24) is 9.97 Å². The second-order valence-electron chi connectivity index (χ2n) is 6.48. The molecule has 1 amide bonds. The number of nitrogens with one attached hydrogen (secondary N) is 2. The highest BCUT2D eigenvalue weighted by Crippen LogP contribution is 2.44. The van der Waals surface area contributed by atoms with Crippen LogP contribution in [0.25, 0.3) is 11.1 Å². The number of fused-ring (bicyclic) bond motifs is 3. The van der Waals surface area contributed by atoms with Crippen molar-refractivity contribution in [3.63, 3.8) is 0 Å². The van der Waals surface area contributed by atoms with Crippen LogP contribution in [0.3, 0.4) is 0 Å². The highest BCUT2D eigenvalue weighted by atomic mass is 16.5. The van der Waals surface area contributed by atoms with Crippen molar-refractivity contribution in [2.45, 2.75) is 12.8 Å². The molecule has 28 heavy (non-hydrogen) atoms. The number of aromatic nitrogens is 2. The average Bonchev–Trinajstić information content (AvgIpc) is 3.00. The first-order chi connectivity index (χ1) is 13.5. The van der Waals surface area contributed by atoms with Gasteiger partial charge in [-0.05, 0) is 29.2 Å². The number of hydrogen-bond acceptors (Lipinski definition) is 5. The maximum atomic E-state index is 12.3. The fraction of sp³-hybridized carbons (Fsp3) is 0.143. The molecular weight excluding hydrogens is 358 g/mol.